The molecule has 3 aromatic rings. The zero-order valence-corrected chi connectivity index (χ0v) is 27.4. The highest BCUT2D eigenvalue weighted by Crippen LogP contribution is 2.43. The van der Waals surface area contributed by atoms with E-state index < -0.39 is 0 Å². The molecule has 3 rings (SSSR count). The number of hydrogen-bond donors (Lipinski definition) is 0. The van der Waals surface area contributed by atoms with Gasteiger partial charge in [0.15, 0.2) is 0 Å². The Morgan fingerprint density at radius 2 is 0.955 bits per heavy atom. The Morgan fingerprint density at radius 1 is 0.523 bits per heavy atom. The van der Waals surface area contributed by atoms with E-state index in [1.807, 2.05) is 13.8 Å². The third kappa shape index (κ3) is 11.7. The molecular weight excluding hydrogens is 552 g/mol. The molecule has 0 fully saturated rings. The first kappa shape index (κ1) is 35.2. The average Bonchev–Trinajstić information content (AvgIpc) is 3.03. The molecule has 0 amide bonds. The Balaban J connectivity index is 1.54. The molecule has 0 heterocycles. The third-order valence-electron chi connectivity index (χ3n) is 8.05. The van der Waals surface area contributed by atoms with Crippen molar-refractivity contribution >= 4 is 33.5 Å². The van der Waals surface area contributed by atoms with Crippen molar-refractivity contribution in [2.45, 2.75) is 117 Å². The Hall–Kier alpha value is -3.28. The number of rotatable bonds is 23. The van der Waals surface area contributed by atoms with Crippen LogP contribution < -0.4 is 9.47 Å². The van der Waals surface area contributed by atoms with E-state index in [0.29, 0.717) is 39.3 Å². The van der Waals surface area contributed by atoms with Gasteiger partial charge in [-0.2, -0.15) is 0 Å². The summed E-state index contributed by atoms with van der Waals surface area (Å²) in [4.78, 5) is 23.0. The fourth-order valence-electron chi connectivity index (χ4n) is 5.65. The molecule has 0 spiro atoms. The maximum absolute atomic E-state index is 11.5. The number of hydrogen-bond acceptors (Lipinski definition) is 6. The number of fused-ring (bicyclic) bond motifs is 2. The van der Waals surface area contributed by atoms with Gasteiger partial charge < -0.3 is 18.9 Å². The minimum absolute atomic E-state index is 0.0844. The predicted molar refractivity (Wildman–Crippen MR) is 180 cm³/mol. The molecule has 3 aromatic carbocycles. The van der Waals surface area contributed by atoms with E-state index in [9.17, 15) is 9.59 Å². The molecule has 44 heavy (non-hydrogen) atoms. The van der Waals surface area contributed by atoms with Crippen LogP contribution in [-0.4, -0.2) is 38.4 Å². The van der Waals surface area contributed by atoms with Crippen LogP contribution in [0.4, 0.5) is 0 Å². The lowest BCUT2D eigenvalue weighted by molar-refractivity contribution is -0.144. The fourth-order valence-corrected chi connectivity index (χ4v) is 5.65. The number of ether oxygens (including phenoxy) is 4. The Morgan fingerprint density at radius 3 is 1.43 bits per heavy atom. The third-order valence-corrected chi connectivity index (χ3v) is 8.05. The van der Waals surface area contributed by atoms with Crippen molar-refractivity contribution < 1.29 is 28.5 Å². The van der Waals surface area contributed by atoms with E-state index in [1.54, 1.807) is 0 Å². The number of unbranched alkanes of at least 4 members (excludes halogenated alkanes) is 10. The van der Waals surface area contributed by atoms with Gasteiger partial charge in [0.05, 0.1) is 26.4 Å². The highest BCUT2D eigenvalue weighted by Gasteiger charge is 2.16. The first-order valence-electron chi connectivity index (χ1n) is 17.1. The Kier molecular flexibility index (Phi) is 16.5. The molecule has 0 aliphatic heterocycles. The largest absolute Gasteiger partial charge is 0.492 e. The molecule has 0 saturated heterocycles. The maximum atomic E-state index is 11.5. The molecule has 0 unspecified atom stereocenters. The van der Waals surface area contributed by atoms with Gasteiger partial charge in [-0.25, -0.2) is 0 Å². The molecule has 0 aliphatic rings. The number of benzene rings is 3. The van der Waals surface area contributed by atoms with Crippen LogP contribution in [0.2, 0.25) is 0 Å². The average molecular weight is 607 g/mol. The summed E-state index contributed by atoms with van der Waals surface area (Å²) in [6.07, 6.45) is 14.7. The second-order valence-electron chi connectivity index (χ2n) is 11.5. The van der Waals surface area contributed by atoms with Crippen molar-refractivity contribution in [3.8, 4) is 11.5 Å². The number of esters is 2. The lowest BCUT2D eigenvalue weighted by Gasteiger charge is -2.18. The highest BCUT2D eigenvalue weighted by atomic mass is 16.5. The van der Waals surface area contributed by atoms with Crippen LogP contribution in [0, 0.1) is 0 Å². The lowest BCUT2D eigenvalue weighted by Crippen LogP contribution is -2.03. The topological polar surface area (TPSA) is 71.1 Å². The molecule has 242 valence electrons. The summed E-state index contributed by atoms with van der Waals surface area (Å²) in [6, 6.07) is 15.1. The van der Waals surface area contributed by atoms with Gasteiger partial charge in [-0.1, -0.05) is 94.7 Å². The van der Waals surface area contributed by atoms with Gasteiger partial charge in [-0.15, -0.1) is 0 Å². The molecule has 0 aliphatic carbocycles. The number of carbonyl (C=O) groups is 2. The molecule has 6 nitrogen and oxygen atoms in total. The molecule has 0 aromatic heterocycles. The van der Waals surface area contributed by atoms with Crippen LogP contribution in [0.1, 0.15) is 116 Å². The van der Waals surface area contributed by atoms with Gasteiger partial charge in [-0.3, -0.25) is 9.59 Å². The SMILES string of the molecule is CCOC(=O)CCCCCCCCOc1c2ccccc2c(OCCCCCCCCC(=O)OCC)c2cc(CC)ccc12. The van der Waals surface area contributed by atoms with Crippen LogP contribution in [0.15, 0.2) is 42.5 Å². The number of aryl methyl sites for hydroxylation is 1. The van der Waals surface area contributed by atoms with E-state index in [2.05, 4.69) is 49.4 Å². The van der Waals surface area contributed by atoms with E-state index in [-0.39, 0.29) is 11.9 Å². The zero-order valence-electron chi connectivity index (χ0n) is 27.4. The monoisotopic (exact) mass is 606 g/mol. The van der Waals surface area contributed by atoms with Crippen molar-refractivity contribution in [1.82, 2.24) is 0 Å². The standard InChI is InChI=1S/C38H54O6/c1-4-30-25-26-33-34(29-30)38(44-28-20-14-10-8-12-16-24-36(40)42-6-3)32-22-18-17-21-31(32)37(33)43-27-19-13-9-7-11-15-23-35(39)41-5-2/h17-18,21-22,25-26,29H,4-16,19-20,23-24,27-28H2,1-3H3. The van der Waals surface area contributed by atoms with Crippen molar-refractivity contribution in [3.05, 3.63) is 48.0 Å². The van der Waals surface area contributed by atoms with Crippen molar-refractivity contribution in [2.24, 2.45) is 0 Å². The van der Waals surface area contributed by atoms with E-state index >= 15 is 0 Å². The van der Waals surface area contributed by atoms with Crippen LogP contribution in [0.3, 0.4) is 0 Å². The van der Waals surface area contributed by atoms with Crippen molar-refractivity contribution in [3.63, 3.8) is 0 Å². The predicted octanol–water partition coefficient (Wildman–Crippen LogP) is 9.90. The second-order valence-corrected chi connectivity index (χ2v) is 11.5. The summed E-state index contributed by atoms with van der Waals surface area (Å²) < 4.78 is 23.1. The quantitative estimate of drug-likeness (QED) is 0.0608. The van der Waals surface area contributed by atoms with Gasteiger partial charge in [0, 0.05) is 34.4 Å². The molecular formula is C38H54O6. The molecule has 6 heteroatoms. The molecule has 0 bridgehead atoms. The summed E-state index contributed by atoms with van der Waals surface area (Å²) >= 11 is 0. The summed E-state index contributed by atoms with van der Waals surface area (Å²) in [5.74, 6) is 1.73. The van der Waals surface area contributed by atoms with Gasteiger partial charge in [0.2, 0.25) is 0 Å². The summed E-state index contributed by atoms with van der Waals surface area (Å²) in [5, 5.41) is 4.43. The summed E-state index contributed by atoms with van der Waals surface area (Å²) in [5.41, 5.74) is 1.29. The molecule has 0 N–H and O–H groups in total. The second kappa shape index (κ2) is 20.6. The minimum Gasteiger partial charge on any atom is -0.492 e. The Labute approximate surface area is 264 Å². The summed E-state index contributed by atoms with van der Waals surface area (Å²) in [6.45, 7) is 8.16. The number of carbonyl (C=O) groups excluding carboxylic acids is 2. The smallest absolute Gasteiger partial charge is 0.305 e. The van der Waals surface area contributed by atoms with E-state index in [0.717, 1.165) is 117 Å². The van der Waals surface area contributed by atoms with Crippen molar-refractivity contribution in [2.75, 3.05) is 26.4 Å². The van der Waals surface area contributed by atoms with E-state index in [4.69, 9.17) is 18.9 Å². The van der Waals surface area contributed by atoms with Gasteiger partial charge in [-0.05, 0) is 57.6 Å². The van der Waals surface area contributed by atoms with Crippen LogP contribution in [-0.2, 0) is 25.5 Å². The van der Waals surface area contributed by atoms with E-state index in [1.165, 1.54) is 5.56 Å². The van der Waals surface area contributed by atoms with Crippen molar-refractivity contribution in [1.29, 1.82) is 0 Å². The van der Waals surface area contributed by atoms with Crippen LogP contribution >= 0.6 is 0 Å². The zero-order chi connectivity index (χ0) is 31.4. The molecule has 0 radical (unpaired) electrons. The van der Waals surface area contributed by atoms with Gasteiger partial charge in [0.1, 0.15) is 11.5 Å². The Bertz CT molecular complexity index is 1280. The van der Waals surface area contributed by atoms with Crippen LogP contribution in [0.5, 0.6) is 11.5 Å². The fraction of sp³-hybridized carbons (Fsp3) is 0.579. The highest BCUT2D eigenvalue weighted by molar-refractivity contribution is 6.11. The van der Waals surface area contributed by atoms with Gasteiger partial charge >= 0.3 is 11.9 Å². The molecule has 0 atom stereocenters. The maximum Gasteiger partial charge on any atom is 0.305 e. The van der Waals surface area contributed by atoms with Gasteiger partial charge in [0.25, 0.3) is 0 Å². The molecule has 0 saturated carbocycles. The normalized spacial score (nSPS) is 11.2. The van der Waals surface area contributed by atoms with Crippen LogP contribution in [0.25, 0.3) is 21.5 Å². The summed E-state index contributed by atoms with van der Waals surface area (Å²) in [7, 11) is 0. The lowest BCUT2D eigenvalue weighted by atomic mass is 9.98. The first-order chi connectivity index (χ1) is 21.6. The minimum atomic E-state index is -0.0846. The first-order valence-corrected chi connectivity index (χ1v) is 17.1.